The van der Waals surface area contributed by atoms with E-state index in [4.69, 9.17) is 4.74 Å². The molecule has 124 valence electrons. The number of rotatable bonds is 4. The molecule has 1 saturated carbocycles. The fraction of sp³-hybridized carbons (Fsp3) is 0.533. The summed E-state index contributed by atoms with van der Waals surface area (Å²) in [6, 6.07) is -0.0377. The molecule has 3 rings (SSSR count). The van der Waals surface area contributed by atoms with E-state index in [0.29, 0.717) is 30.2 Å². The third kappa shape index (κ3) is 3.74. The van der Waals surface area contributed by atoms with Crippen LogP contribution in [0.3, 0.4) is 0 Å². The van der Waals surface area contributed by atoms with E-state index in [9.17, 15) is 8.78 Å². The monoisotopic (exact) mass is 340 g/mol. The molecule has 1 aliphatic carbocycles. The van der Waals surface area contributed by atoms with Gasteiger partial charge in [0.05, 0.1) is 13.3 Å². The van der Waals surface area contributed by atoms with Crippen molar-refractivity contribution in [3.8, 4) is 16.6 Å². The summed E-state index contributed by atoms with van der Waals surface area (Å²) in [5.74, 6) is -1.01. The number of nitrogens with one attached hydrogen (secondary N) is 1. The van der Waals surface area contributed by atoms with Crippen molar-refractivity contribution in [3.05, 3.63) is 17.3 Å². The molecule has 0 aliphatic heterocycles. The molecule has 1 N–H and O–H groups in total. The zero-order valence-corrected chi connectivity index (χ0v) is 13.8. The highest BCUT2D eigenvalue weighted by Crippen LogP contribution is 2.35. The fourth-order valence-electron chi connectivity index (χ4n) is 2.56. The Kier molecular flexibility index (Phi) is 4.43. The molecule has 0 unspecified atom stereocenters. The minimum Gasteiger partial charge on any atom is -0.491 e. The number of methoxy groups -OCH3 is 1. The van der Waals surface area contributed by atoms with Gasteiger partial charge in [-0.15, -0.1) is 11.3 Å². The lowest BCUT2D eigenvalue weighted by atomic mass is 9.92. The first kappa shape index (κ1) is 16.0. The minimum atomic E-state index is -2.54. The van der Waals surface area contributed by atoms with Gasteiger partial charge in [0.25, 0.3) is 0 Å². The maximum Gasteiger partial charge on any atom is 0.248 e. The number of anilines is 1. The van der Waals surface area contributed by atoms with Gasteiger partial charge in [-0.3, -0.25) is 0 Å². The Labute approximate surface area is 137 Å². The van der Waals surface area contributed by atoms with Crippen molar-refractivity contribution >= 4 is 17.2 Å². The molecule has 1 aliphatic rings. The first-order valence-corrected chi connectivity index (χ1v) is 8.33. The van der Waals surface area contributed by atoms with Gasteiger partial charge < -0.3 is 10.1 Å². The molecule has 0 aromatic carbocycles. The summed E-state index contributed by atoms with van der Waals surface area (Å²) in [6.45, 7) is 1.91. The largest absolute Gasteiger partial charge is 0.491 e. The normalized spacial score (nSPS) is 17.9. The zero-order valence-electron chi connectivity index (χ0n) is 13.0. The lowest BCUT2D eigenvalue weighted by molar-refractivity contribution is -0.0361. The molecule has 8 heteroatoms. The number of hydrogen-bond acceptors (Lipinski definition) is 6. The van der Waals surface area contributed by atoms with E-state index in [0.717, 1.165) is 10.7 Å². The summed E-state index contributed by atoms with van der Waals surface area (Å²) < 4.78 is 31.8. The molecule has 5 nitrogen and oxygen atoms in total. The summed E-state index contributed by atoms with van der Waals surface area (Å²) in [5, 5.41) is 5.88. The SMILES string of the molecule is COc1cnc(-c2nc(C)cs2)nc1NC1CCC(F)(F)CC1. The summed E-state index contributed by atoms with van der Waals surface area (Å²) in [4.78, 5) is 13.1. The van der Waals surface area contributed by atoms with E-state index in [2.05, 4.69) is 20.3 Å². The van der Waals surface area contributed by atoms with Crippen molar-refractivity contribution in [2.45, 2.75) is 44.6 Å². The highest BCUT2D eigenvalue weighted by molar-refractivity contribution is 7.13. The molecule has 0 saturated heterocycles. The van der Waals surface area contributed by atoms with Gasteiger partial charge in [-0.1, -0.05) is 0 Å². The first-order valence-electron chi connectivity index (χ1n) is 7.45. The summed E-state index contributed by atoms with van der Waals surface area (Å²) in [5.41, 5.74) is 0.911. The Morgan fingerprint density at radius 2 is 2.04 bits per heavy atom. The van der Waals surface area contributed by atoms with Crippen LogP contribution in [0.1, 0.15) is 31.4 Å². The van der Waals surface area contributed by atoms with Crippen molar-refractivity contribution in [2.24, 2.45) is 0 Å². The quantitative estimate of drug-likeness (QED) is 0.914. The number of aryl methyl sites for hydroxylation is 1. The maximum absolute atomic E-state index is 13.3. The Hall–Kier alpha value is -1.83. The van der Waals surface area contributed by atoms with Crippen molar-refractivity contribution in [1.82, 2.24) is 15.0 Å². The van der Waals surface area contributed by atoms with Crippen molar-refractivity contribution in [1.29, 1.82) is 0 Å². The molecule has 23 heavy (non-hydrogen) atoms. The van der Waals surface area contributed by atoms with E-state index in [1.165, 1.54) is 18.4 Å². The standard InChI is InChI=1S/C15H18F2N4OS/c1-9-8-23-14(19-9)13-18-7-11(22-2)12(21-13)20-10-3-5-15(16,17)6-4-10/h7-8,10H,3-6H2,1-2H3,(H,18,20,21). The van der Waals surface area contributed by atoms with E-state index in [1.54, 1.807) is 6.20 Å². The Bertz CT molecular complexity index is 682. The van der Waals surface area contributed by atoms with Crippen LogP contribution in [0.4, 0.5) is 14.6 Å². The first-order chi connectivity index (χ1) is 11.0. The third-order valence-corrected chi connectivity index (χ3v) is 4.80. The Balaban J connectivity index is 1.80. The molecule has 0 radical (unpaired) electrons. The molecule has 0 bridgehead atoms. The van der Waals surface area contributed by atoms with Gasteiger partial charge in [-0.05, 0) is 19.8 Å². The molecule has 1 fully saturated rings. The third-order valence-electron chi connectivity index (χ3n) is 3.84. The van der Waals surface area contributed by atoms with Gasteiger partial charge in [0.2, 0.25) is 5.92 Å². The van der Waals surface area contributed by atoms with Crippen LogP contribution < -0.4 is 10.1 Å². The van der Waals surface area contributed by atoms with E-state index in [1.807, 2.05) is 12.3 Å². The molecule has 0 spiro atoms. The Morgan fingerprint density at radius 1 is 1.30 bits per heavy atom. The molecule has 2 aromatic heterocycles. The van der Waals surface area contributed by atoms with Crippen LogP contribution in [0.15, 0.2) is 11.6 Å². The number of ether oxygens (including phenoxy) is 1. The van der Waals surface area contributed by atoms with Crippen LogP contribution in [0.5, 0.6) is 5.75 Å². The second-order valence-electron chi connectivity index (χ2n) is 5.68. The predicted molar refractivity (Wildman–Crippen MR) is 85.3 cm³/mol. The van der Waals surface area contributed by atoms with Gasteiger partial charge >= 0.3 is 0 Å². The number of halogens is 2. The highest BCUT2D eigenvalue weighted by atomic mass is 32.1. The minimum absolute atomic E-state index is 0.0377. The summed E-state index contributed by atoms with van der Waals surface area (Å²) in [7, 11) is 1.53. The number of aromatic nitrogens is 3. The predicted octanol–water partition coefficient (Wildman–Crippen LogP) is 3.91. The average molecular weight is 340 g/mol. The maximum atomic E-state index is 13.3. The van der Waals surface area contributed by atoms with Gasteiger partial charge in [-0.25, -0.2) is 23.7 Å². The number of hydrogen-bond donors (Lipinski definition) is 1. The van der Waals surface area contributed by atoms with Crippen LogP contribution in [-0.2, 0) is 0 Å². The second kappa shape index (κ2) is 6.35. The molecule has 0 atom stereocenters. The van der Waals surface area contributed by atoms with E-state index < -0.39 is 5.92 Å². The lowest BCUT2D eigenvalue weighted by Crippen LogP contribution is -2.32. The van der Waals surface area contributed by atoms with Crippen LogP contribution >= 0.6 is 11.3 Å². The van der Waals surface area contributed by atoms with Crippen molar-refractivity contribution < 1.29 is 13.5 Å². The van der Waals surface area contributed by atoms with Gasteiger partial charge in [0, 0.05) is 30.0 Å². The second-order valence-corrected chi connectivity index (χ2v) is 6.54. The van der Waals surface area contributed by atoms with Gasteiger partial charge in [0.15, 0.2) is 22.4 Å². The summed E-state index contributed by atoms with van der Waals surface area (Å²) in [6.07, 6.45) is 2.20. The molecule has 2 heterocycles. The lowest BCUT2D eigenvalue weighted by Gasteiger charge is -2.29. The summed E-state index contributed by atoms with van der Waals surface area (Å²) >= 11 is 1.47. The van der Waals surface area contributed by atoms with Crippen LogP contribution in [0.25, 0.3) is 10.8 Å². The fourth-order valence-corrected chi connectivity index (χ4v) is 3.30. The zero-order chi connectivity index (χ0) is 16.4. The number of thiazole rings is 1. The van der Waals surface area contributed by atoms with Crippen molar-refractivity contribution in [3.63, 3.8) is 0 Å². The molecule has 2 aromatic rings. The molecular weight excluding hydrogens is 322 g/mol. The topological polar surface area (TPSA) is 59.9 Å². The number of nitrogens with zero attached hydrogens (tertiary/aromatic N) is 3. The van der Waals surface area contributed by atoms with E-state index in [-0.39, 0.29) is 18.9 Å². The van der Waals surface area contributed by atoms with Crippen molar-refractivity contribution in [2.75, 3.05) is 12.4 Å². The highest BCUT2D eigenvalue weighted by Gasteiger charge is 2.35. The number of alkyl halides is 2. The van der Waals surface area contributed by atoms with Crippen LogP contribution in [0.2, 0.25) is 0 Å². The average Bonchev–Trinajstić information content (AvgIpc) is 2.96. The smallest absolute Gasteiger partial charge is 0.248 e. The van der Waals surface area contributed by atoms with Gasteiger partial charge in [0.1, 0.15) is 0 Å². The van der Waals surface area contributed by atoms with E-state index >= 15 is 0 Å². The van der Waals surface area contributed by atoms with Crippen LogP contribution in [0, 0.1) is 6.92 Å². The molecule has 0 amide bonds. The van der Waals surface area contributed by atoms with Crippen LogP contribution in [-0.4, -0.2) is 34.0 Å². The van der Waals surface area contributed by atoms with Gasteiger partial charge in [-0.2, -0.15) is 0 Å². The molecular formula is C15H18F2N4OS. The Morgan fingerprint density at radius 3 is 2.65 bits per heavy atom.